The molecule has 0 atom stereocenters. The van der Waals surface area contributed by atoms with Gasteiger partial charge in [0.15, 0.2) is 5.78 Å². The second kappa shape index (κ2) is 6.74. The summed E-state index contributed by atoms with van der Waals surface area (Å²) in [4.78, 5) is 23.9. The van der Waals surface area contributed by atoms with Gasteiger partial charge in [0.2, 0.25) is 10.0 Å². The number of aromatic nitrogens is 1. The number of anilines is 1. The molecule has 8 heteroatoms. The van der Waals surface area contributed by atoms with Crippen LogP contribution in [0.2, 0.25) is 0 Å². The van der Waals surface area contributed by atoms with Gasteiger partial charge in [0.1, 0.15) is 0 Å². The van der Waals surface area contributed by atoms with Crippen LogP contribution in [0.25, 0.3) is 10.9 Å². The number of benzene rings is 2. The topological polar surface area (TPSA) is 97.3 Å². The van der Waals surface area contributed by atoms with E-state index >= 15 is 0 Å². The lowest BCUT2D eigenvalue weighted by Crippen LogP contribution is -2.20. The maximum absolute atomic E-state index is 12.6. The van der Waals surface area contributed by atoms with Crippen molar-refractivity contribution in [2.45, 2.75) is 11.8 Å². The number of ketones is 1. The zero-order valence-corrected chi connectivity index (χ0v) is 15.0. The molecule has 3 aromatic rings. The van der Waals surface area contributed by atoms with Crippen LogP contribution in [-0.2, 0) is 10.0 Å². The van der Waals surface area contributed by atoms with Gasteiger partial charge in [0.05, 0.1) is 10.4 Å². The number of nitrogens with zero attached hydrogens (tertiary/aromatic N) is 1. The Labute approximate surface area is 150 Å². The smallest absolute Gasteiger partial charge is 0.307 e. The Bertz CT molecular complexity index is 1100. The average Bonchev–Trinajstić information content (AvgIpc) is 3.05. The number of hydrogen-bond acceptors (Lipinski definition) is 4. The van der Waals surface area contributed by atoms with E-state index in [4.69, 9.17) is 0 Å². The molecule has 0 spiro atoms. The predicted octanol–water partition coefficient (Wildman–Crippen LogP) is 2.83. The van der Waals surface area contributed by atoms with Crippen molar-refractivity contribution in [3.8, 4) is 0 Å². The summed E-state index contributed by atoms with van der Waals surface area (Å²) in [6, 6.07) is 12.4. The fraction of sp³-hybridized carbons (Fsp3) is 0.111. The van der Waals surface area contributed by atoms with Crippen molar-refractivity contribution in [3.05, 3.63) is 60.3 Å². The van der Waals surface area contributed by atoms with Gasteiger partial charge in [0, 0.05) is 22.8 Å². The van der Waals surface area contributed by atoms with Gasteiger partial charge < -0.3 is 5.32 Å². The zero-order valence-electron chi connectivity index (χ0n) is 14.2. The van der Waals surface area contributed by atoms with Gasteiger partial charge in [0.25, 0.3) is 0 Å². The molecule has 3 rings (SSSR count). The molecule has 1 heterocycles. The van der Waals surface area contributed by atoms with Crippen molar-refractivity contribution in [1.29, 1.82) is 0 Å². The van der Waals surface area contributed by atoms with E-state index in [1.165, 1.54) is 30.7 Å². The number of sulfonamides is 1. The Balaban J connectivity index is 1.93. The van der Waals surface area contributed by atoms with Crippen molar-refractivity contribution >= 4 is 38.4 Å². The minimum Gasteiger partial charge on any atom is -0.307 e. The lowest BCUT2D eigenvalue weighted by molar-refractivity contribution is 0.101. The first-order chi connectivity index (χ1) is 12.3. The number of carbonyl (C=O) groups excluding carboxylic acids is 2. The van der Waals surface area contributed by atoms with E-state index in [2.05, 4.69) is 10.0 Å². The summed E-state index contributed by atoms with van der Waals surface area (Å²) in [7, 11) is -2.28. The van der Waals surface area contributed by atoms with Crippen LogP contribution >= 0.6 is 0 Å². The molecular weight excluding hydrogens is 354 g/mol. The molecule has 26 heavy (non-hydrogen) atoms. The van der Waals surface area contributed by atoms with E-state index in [0.29, 0.717) is 16.8 Å². The average molecular weight is 371 g/mol. The van der Waals surface area contributed by atoms with Crippen LogP contribution in [0.15, 0.2) is 59.6 Å². The highest BCUT2D eigenvalue weighted by atomic mass is 32.2. The molecule has 0 saturated heterocycles. The molecule has 1 amide bonds. The molecule has 0 aliphatic heterocycles. The molecule has 1 aromatic heterocycles. The van der Waals surface area contributed by atoms with Crippen LogP contribution in [0, 0.1) is 0 Å². The van der Waals surface area contributed by atoms with Crippen molar-refractivity contribution in [2.75, 3.05) is 12.4 Å². The summed E-state index contributed by atoms with van der Waals surface area (Å²) in [6.07, 6.45) is 1.57. The van der Waals surface area contributed by atoms with E-state index < -0.39 is 16.1 Å². The molecule has 0 aliphatic rings. The summed E-state index contributed by atoms with van der Waals surface area (Å²) >= 11 is 0. The zero-order chi connectivity index (χ0) is 18.9. The summed E-state index contributed by atoms with van der Waals surface area (Å²) < 4.78 is 27.5. The molecule has 2 aromatic carbocycles. The monoisotopic (exact) mass is 371 g/mol. The van der Waals surface area contributed by atoms with Crippen LogP contribution in [0.3, 0.4) is 0 Å². The van der Waals surface area contributed by atoms with Crippen molar-refractivity contribution < 1.29 is 18.0 Å². The number of amides is 1. The van der Waals surface area contributed by atoms with E-state index in [1.807, 2.05) is 0 Å². The SMILES string of the molecule is CNS(=O)(=O)c1ccc2ccn(C(=O)Nc3ccc(C(C)=O)cc3)c2c1. The van der Waals surface area contributed by atoms with Gasteiger partial charge in [-0.2, -0.15) is 0 Å². The Kier molecular flexibility index (Phi) is 4.62. The fourth-order valence-corrected chi connectivity index (χ4v) is 3.29. The number of hydrogen-bond donors (Lipinski definition) is 2. The number of nitrogens with one attached hydrogen (secondary N) is 2. The van der Waals surface area contributed by atoms with Gasteiger partial charge in [-0.1, -0.05) is 6.07 Å². The van der Waals surface area contributed by atoms with Crippen LogP contribution in [-0.4, -0.2) is 31.8 Å². The second-order valence-electron chi connectivity index (χ2n) is 5.68. The van der Waals surface area contributed by atoms with Crippen LogP contribution in [0.4, 0.5) is 10.5 Å². The third-order valence-electron chi connectivity index (χ3n) is 4.01. The molecule has 0 unspecified atom stereocenters. The maximum Gasteiger partial charge on any atom is 0.330 e. The highest BCUT2D eigenvalue weighted by Gasteiger charge is 2.15. The number of rotatable bonds is 4. The molecule has 0 saturated carbocycles. The number of fused-ring (bicyclic) bond motifs is 1. The largest absolute Gasteiger partial charge is 0.330 e. The quantitative estimate of drug-likeness (QED) is 0.689. The minimum atomic E-state index is -3.61. The highest BCUT2D eigenvalue weighted by Crippen LogP contribution is 2.21. The van der Waals surface area contributed by atoms with Crippen molar-refractivity contribution in [3.63, 3.8) is 0 Å². The van der Waals surface area contributed by atoms with Gasteiger partial charge in [-0.3, -0.25) is 9.36 Å². The van der Waals surface area contributed by atoms with Crippen LogP contribution in [0.5, 0.6) is 0 Å². The maximum atomic E-state index is 12.6. The van der Waals surface area contributed by atoms with Gasteiger partial charge in [-0.05, 0) is 56.4 Å². The van der Waals surface area contributed by atoms with E-state index in [9.17, 15) is 18.0 Å². The Hall–Kier alpha value is -2.97. The van der Waals surface area contributed by atoms with E-state index in [0.717, 1.165) is 5.39 Å². The van der Waals surface area contributed by atoms with E-state index in [-0.39, 0.29) is 10.7 Å². The summed E-state index contributed by atoms with van der Waals surface area (Å²) in [5.74, 6) is -0.0578. The van der Waals surface area contributed by atoms with Gasteiger partial charge in [-0.25, -0.2) is 17.9 Å². The summed E-state index contributed by atoms with van der Waals surface area (Å²) in [5, 5.41) is 3.46. The standard InChI is InChI=1S/C18H17N3O4S/c1-12(22)13-3-6-15(7-4-13)20-18(23)21-10-9-14-5-8-16(11-17(14)21)26(24,25)19-2/h3-11,19H,1-2H3,(H,20,23). The molecule has 0 bridgehead atoms. The Morgan fingerprint density at radius 1 is 1.00 bits per heavy atom. The summed E-state index contributed by atoms with van der Waals surface area (Å²) in [6.45, 7) is 1.47. The molecule has 2 N–H and O–H groups in total. The van der Waals surface area contributed by atoms with Crippen molar-refractivity contribution in [2.24, 2.45) is 0 Å². The third-order valence-corrected chi connectivity index (χ3v) is 5.42. The molecular formula is C18H17N3O4S. The first-order valence-corrected chi connectivity index (χ1v) is 9.27. The first-order valence-electron chi connectivity index (χ1n) is 7.79. The lowest BCUT2D eigenvalue weighted by atomic mass is 10.1. The number of Topliss-reactive ketones (excluding diaryl/α,β-unsaturated/α-hetero) is 1. The lowest BCUT2D eigenvalue weighted by Gasteiger charge is -2.09. The molecule has 0 radical (unpaired) electrons. The van der Waals surface area contributed by atoms with Crippen molar-refractivity contribution in [1.82, 2.24) is 9.29 Å². The molecule has 7 nitrogen and oxygen atoms in total. The predicted molar refractivity (Wildman–Crippen MR) is 99.0 cm³/mol. The fourth-order valence-electron chi connectivity index (χ4n) is 2.54. The normalized spacial score (nSPS) is 11.5. The minimum absolute atomic E-state index is 0.0578. The first kappa shape index (κ1) is 17.8. The molecule has 0 aliphatic carbocycles. The third kappa shape index (κ3) is 3.37. The Morgan fingerprint density at radius 3 is 2.31 bits per heavy atom. The second-order valence-corrected chi connectivity index (χ2v) is 7.56. The Morgan fingerprint density at radius 2 is 1.69 bits per heavy atom. The van der Waals surface area contributed by atoms with Gasteiger partial charge >= 0.3 is 6.03 Å². The van der Waals surface area contributed by atoms with Crippen LogP contribution < -0.4 is 10.0 Å². The highest BCUT2D eigenvalue weighted by molar-refractivity contribution is 7.89. The van der Waals surface area contributed by atoms with Gasteiger partial charge in [-0.15, -0.1) is 0 Å². The summed E-state index contributed by atoms with van der Waals surface area (Å²) in [5.41, 5.74) is 1.55. The number of carbonyl (C=O) groups is 2. The molecule has 0 fully saturated rings. The van der Waals surface area contributed by atoms with E-state index in [1.54, 1.807) is 42.6 Å². The van der Waals surface area contributed by atoms with Crippen LogP contribution in [0.1, 0.15) is 17.3 Å². The molecule has 134 valence electrons.